The van der Waals surface area contributed by atoms with Gasteiger partial charge in [0.15, 0.2) is 11.4 Å². The number of hydrogen-bond acceptors (Lipinski definition) is 10. The molecular formula is C30H37F3N4O7. The van der Waals surface area contributed by atoms with Crippen LogP contribution in [0.1, 0.15) is 40.7 Å². The van der Waals surface area contributed by atoms with Gasteiger partial charge in [0.05, 0.1) is 17.5 Å². The lowest BCUT2D eigenvalue weighted by molar-refractivity contribution is -0.185. The number of ketones is 2. The van der Waals surface area contributed by atoms with Crippen LogP contribution in [0.25, 0.3) is 0 Å². The highest BCUT2D eigenvalue weighted by atomic mass is 19.4. The first kappa shape index (κ1) is 31.8. The van der Waals surface area contributed by atoms with E-state index in [-0.39, 0.29) is 56.5 Å². The average molecular weight is 623 g/mol. The Morgan fingerprint density at radius 3 is 2.25 bits per heavy atom. The maximum atomic E-state index is 14.2. The van der Waals surface area contributed by atoms with Crippen molar-refractivity contribution in [2.75, 3.05) is 46.2 Å². The molecule has 1 aromatic rings. The molecule has 1 fully saturated rings. The SMILES string of the molecule is CN(C)c1cc(CN2CCC(C(F)(F)F)CC2)c(O)c2c1C[C@H]1C[C@H]3[C@H](N(C)C)C(O)=C(C(N)=O)C(=O)[C@@]3(O)C(O)=C1C2=O. The molecule has 4 atom stereocenters. The Bertz CT molecular complexity index is 1490. The number of piperidine rings is 1. The van der Waals surface area contributed by atoms with Crippen molar-refractivity contribution in [3.05, 3.63) is 45.4 Å². The number of likely N-dealkylation sites (N-methyl/N-ethyl adjacent to an activating group) is 1. The van der Waals surface area contributed by atoms with Crippen molar-refractivity contribution >= 4 is 23.2 Å². The second kappa shape index (κ2) is 10.8. The molecule has 11 nitrogen and oxygen atoms in total. The summed E-state index contributed by atoms with van der Waals surface area (Å²) in [5.74, 6) is -8.67. The number of Topliss-reactive ketones (excluding diaryl/α,β-unsaturated/α-hetero) is 2. The maximum absolute atomic E-state index is 14.2. The van der Waals surface area contributed by atoms with E-state index in [2.05, 4.69) is 0 Å². The lowest BCUT2D eigenvalue weighted by atomic mass is 9.58. The van der Waals surface area contributed by atoms with E-state index in [1.165, 1.54) is 4.90 Å². The number of primary amides is 1. The van der Waals surface area contributed by atoms with E-state index in [9.17, 15) is 48.0 Å². The Balaban J connectivity index is 1.59. The van der Waals surface area contributed by atoms with Crippen molar-refractivity contribution in [1.29, 1.82) is 0 Å². The summed E-state index contributed by atoms with van der Waals surface area (Å²) in [6.07, 6.45) is -4.35. The fourth-order valence-electron chi connectivity index (χ4n) is 7.53. The summed E-state index contributed by atoms with van der Waals surface area (Å²) < 4.78 is 39.6. The van der Waals surface area contributed by atoms with Gasteiger partial charge in [0.2, 0.25) is 5.78 Å². The Kier molecular flexibility index (Phi) is 7.78. The minimum Gasteiger partial charge on any atom is -0.510 e. The van der Waals surface area contributed by atoms with Gasteiger partial charge in [-0.25, -0.2) is 0 Å². The van der Waals surface area contributed by atoms with Crippen LogP contribution in [0.4, 0.5) is 18.9 Å². The number of aliphatic hydroxyl groups excluding tert-OH is 2. The van der Waals surface area contributed by atoms with Crippen LogP contribution in [0.15, 0.2) is 28.7 Å². The number of rotatable bonds is 5. The lowest BCUT2D eigenvalue weighted by Crippen LogP contribution is -2.63. The van der Waals surface area contributed by atoms with Crippen molar-refractivity contribution < 1.29 is 48.0 Å². The summed E-state index contributed by atoms with van der Waals surface area (Å²) in [5, 5.41) is 45.6. The number of benzene rings is 1. The molecule has 1 heterocycles. The molecule has 1 aliphatic heterocycles. The zero-order valence-electron chi connectivity index (χ0n) is 24.9. The summed E-state index contributed by atoms with van der Waals surface area (Å²) >= 11 is 0. The quantitative estimate of drug-likeness (QED) is 0.306. The molecule has 1 amide bonds. The molecule has 0 bridgehead atoms. The monoisotopic (exact) mass is 622 g/mol. The van der Waals surface area contributed by atoms with E-state index in [1.54, 1.807) is 44.1 Å². The minimum absolute atomic E-state index is 0.0324. The number of carbonyl (C=O) groups is 3. The summed E-state index contributed by atoms with van der Waals surface area (Å²) in [7, 11) is 6.60. The van der Waals surface area contributed by atoms with Crippen LogP contribution in [0.5, 0.6) is 5.75 Å². The molecule has 0 unspecified atom stereocenters. The van der Waals surface area contributed by atoms with Crippen LogP contribution in [0.2, 0.25) is 0 Å². The molecule has 4 aliphatic rings. The molecule has 0 radical (unpaired) electrons. The number of fused-ring (bicyclic) bond motifs is 3. The lowest BCUT2D eigenvalue weighted by Gasteiger charge is -2.50. The first-order valence-corrected chi connectivity index (χ1v) is 14.4. The normalized spacial score (nSPS) is 28.2. The van der Waals surface area contributed by atoms with Crippen LogP contribution >= 0.6 is 0 Å². The van der Waals surface area contributed by atoms with Gasteiger partial charge in [0, 0.05) is 43.4 Å². The molecule has 14 heteroatoms. The Labute approximate surface area is 252 Å². The number of anilines is 1. The fraction of sp³-hybridized carbons (Fsp3) is 0.567. The number of aromatic hydroxyl groups is 1. The van der Waals surface area contributed by atoms with Crippen molar-refractivity contribution in [3.63, 3.8) is 0 Å². The molecule has 6 N–H and O–H groups in total. The number of allylic oxidation sites excluding steroid dienone is 1. The molecule has 0 aromatic heterocycles. The molecule has 240 valence electrons. The number of amides is 1. The highest BCUT2D eigenvalue weighted by Crippen LogP contribution is 2.53. The summed E-state index contributed by atoms with van der Waals surface area (Å²) in [6.45, 7) is 0.367. The smallest absolute Gasteiger partial charge is 0.391 e. The van der Waals surface area contributed by atoms with Crippen LogP contribution in [-0.2, 0) is 22.6 Å². The van der Waals surface area contributed by atoms with Crippen LogP contribution in [-0.4, -0.2) is 107 Å². The van der Waals surface area contributed by atoms with Gasteiger partial charge < -0.3 is 31.1 Å². The second-order valence-electron chi connectivity index (χ2n) is 12.7. The largest absolute Gasteiger partial charge is 0.510 e. The topological polar surface area (TPSA) is 168 Å². The van der Waals surface area contributed by atoms with Gasteiger partial charge in [-0.2, -0.15) is 13.2 Å². The Hall–Kier alpha value is -3.62. The standard InChI is InChI=1S/C30H37F3N4O7/c1-35(2)18-11-14(12-37-7-5-15(6-8-37)30(31,32)33)23(38)20-16(18)9-13-10-17-22(36(3)4)25(40)21(28(34)43)27(42)29(17,44)26(41)19(13)24(20)39/h11,13,15,17,22,38,40-41,44H,5-10,12H2,1-4H3,(H2,34,43)/t13-,17-,22-,29-/m0/s1. The van der Waals surface area contributed by atoms with E-state index in [0.29, 0.717) is 16.8 Å². The third-order valence-corrected chi connectivity index (χ3v) is 9.70. The Morgan fingerprint density at radius 2 is 1.73 bits per heavy atom. The van der Waals surface area contributed by atoms with Gasteiger partial charge >= 0.3 is 6.18 Å². The number of phenols is 1. The molecule has 0 saturated carbocycles. The Morgan fingerprint density at radius 1 is 1.11 bits per heavy atom. The number of nitrogens with zero attached hydrogens (tertiary/aromatic N) is 3. The maximum Gasteiger partial charge on any atom is 0.391 e. The molecule has 3 aliphatic carbocycles. The number of phenolic OH excluding ortho intramolecular Hbond substituents is 1. The fourth-order valence-corrected chi connectivity index (χ4v) is 7.53. The number of halogens is 3. The number of likely N-dealkylation sites (tertiary alicyclic amines) is 1. The zero-order valence-corrected chi connectivity index (χ0v) is 24.9. The molecule has 1 saturated heterocycles. The zero-order chi connectivity index (χ0) is 32.6. The predicted octanol–water partition coefficient (Wildman–Crippen LogP) is 1.96. The second-order valence-corrected chi connectivity index (χ2v) is 12.7. The van der Waals surface area contributed by atoms with Gasteiger partial charge in [-0.3, -0.25) is 24.2 Å². The predicted molar refractivity (Wildman–Crippen MR) is 152 cm³/mol. The molecule has 0 spiro atoms. The van der Waals surface area contributed by atoms with Gasteiger partial charge in [-0.15, -0.1) is 0 Å². The van der Waals surface area contributed by atoms with Crippen molar-refractivity contribution in [2.24, 2.45) is 23.5 Å². The highest BCUT2D eigenvalue weighted by Gasteiger charge is 2.63. The summed E-state index contributed by atoms with van der Waals surface area (Å²) in [4.78, 5) is 44.8. The number of nitrogens with two attached hydrogens (primary N) is 1. The molecular weight excluding hydrogens is 585 g/mol. The molecule has 5 rings (SSSR count). The van der Waals surface area contributed by atoms with Crippen molar-refractivity contribution in [2.45, 2.75) is 50.0 Å². The third kappa shape index (κ3) is 4.74. The van der Waals surface area contributed by atoms with Gasteiger partial charge in [-0.1, -0.05) is 0 Å². The molecule has 44 heavy (non-hydrogen) atoms. The van der Waals surface area contributed by atoms with Crippen LogP contribution in [0.3, 0.4) is 0 Å². The van der Waals surface area contributed by atoms with E-state index < -0.39 is 75.9 Å². The van der Waals surface area contributed by atoms with Gasteiger partial charge in [-0.05, 0) is 70.4 Å². The van der Waals surface area contributed by atoms with Crippen molar-refractivity contribution in [3.8, 4) is 5.75 Å². The summed E-state index contributed by atoms with van der Waals surface area (Å²) in [6, 6.07) is 0.608. The van der Waals surface area contributed by atoms with Crippen LogP contribution < -0.4 is 10.6 Å². The number of hydrogen-bond donors (Lipinski definition) is 5. The molecule has 1 aromatic carbocycles. The average Bonchev–Trinajstić information content (AvgIpc) is 2.91. The van der Waals surface area contributed by atoms with Crippen LogP contribution in [0, 0.1) is 17.8 Å². The van der Waals surface area contributed by atoms with E-state index in [1.807, 2.05) is 0 Å². The van der Waals surface area contributed by atoms with E-state index in [4.69, 9.17) is 5.73 Å². The number of alkyl halides is 3. The first-order valence-electron chi connectivity index (χ1n) is 14.4. The summed E-state index contributed by atoms with van der Waals surface area (Å²) in [5.41, 5.74) is 2.73. The van der Waals surface area contributed by atoms with Gasteiger partial charge in [0.1, 0.15) is 22.8 Å². The number of carbonyl (C=O) groups excluding carboxylic acids is 3. The first-order chi connectivity index (χ1) is 20.4. The van der Waals surface area contributed by atoms with Gasteiger partial charge in [0.25, 0.3) is 5.91 Å². The number of aliphatic hydroxyl groups is 3. The van der Waals surface area contributed by atoms with E-state index >= 15 is 0 Å². The van der Waals surface area contributed by atoms with E-state index in [0.717, 1.165) is 0 Å². The van der Waals surface area contributed by atoms with Crippen molar-refractivity contribution in [1.82, 2.24) is 9.80 Å². The minimum atomic E-state index is -4.28. The highest BCUT2D eigenvalue weighted by molar-refractivity contribution is 6.25. The third-order valence-electron chi connectivity index (χ3n) is 9.70.